The standard InChI is InChI=1S/C29H48O3/c1-7-8-9-10-11-20(2)22-12-13-23-26-24(14-15-28(22,23)4)27(3)16-17-29(31-5,32-6)19-21(27)18-25(26)30/h1,20-26,30H,8-19H2,2-6H3/t20-,21-,22-,23+,24+,25+,26+,27+,28-/m1/s1. The lowest BCUT2D eigenvalue weighted by Crippen LogP contribution is -2.60. The van der Waals surface area contributed by atoms with Crippen LogP contribution < -0.4 is 0 Å². The van der Waals surface area contributed by atoms with Crippen molar-refractivity contribution in [2.75, 3.05) is 14.2 Å². The molecule has 0 amide bonds. The summed E-state index contributed by atoms with van der Waals surface area (Å²) in [7, 11) is 3.57. The second-order valence-electron chi connectivity index (χ2n) is 12.5. The van der Waals surface area contributed by atoms with Gasteiger partial charge in [0.1, 0.15) is 0 Å². The molecule has 4 fully saturated rings. The van der Waals surface area contributed by atoms with Crippen molar-refractivity contribution in [1.82, 2.24) is 0 Å². The van der Waals surface area contributed by atoms with Gasteiger partial charge in [-0.3, -0.25) is 0 Å². The highest BCUT2D eigenvalue weighted by Gasteiger charge is 2.64. The van der Waals surface area contributed by atoms with Crippen LogP contribution in [0.5, 0.6) is 0 Å². The number of hydrogen-bond donors (Lipinski definition) is 1. The summed E-state index contributed by atoms with van der Waals surface area (Å²) in [6, 6.07) is 0. The zero-order valence-corrected chi connectivity index (χ0v) is 21.4. The van der Waals surface area contributed by atoms with E-state index in [2.05, 4.69) is 26.7 Å². The van der Waals surface area contributed by atoms with Crippen molar-refractivity contribution in [3.8, 4) is 12.3 Å². The predicted octanol–water partition coefficient (Wildman–Crippen LogP) is 6.43. The maximum absolute atomic E-state index is 11.6. The van der Waals surface area contributed by atoms with E-state index in [9.17, 15) is 5.11 Å². The van der Waals surface area contributed by atoms with Crippen LogP contribution in [0.4, 0.5) is 0 Å². The Balaban J connectivity index is 1.50. The van der Waals surface area contributed by atoms with Gasteiger partial charge in [0.15, 0.2) is 5.79 Å². The topological polar surface area (TPSA) is 38.7 Å². The molecule has 3 heteroatoms. The van der Waals surface area contributed by atoms with Crippen LogP contribution in [0.15, 0.2) is 0 Å². The molecule has 0 bridgehead atoms. The fourth-order valence-electron chi connectivity index (χ4n) is 9.49. The van der Waals surface area contributed by atoms with Gasteiger partial charge in [0.2, 0.25) is 0 Å². The molecule has 0 aliphatic heterocycles. The molecule has 0 radical (unpaired) electrons. The van der Waals surface area contributed by atoms with Gasteiger partial charge < -0.3 is 14.6 Å². The number of aliphatic hydroxyl groups excluding tert-OH is 1. The van der Waals surface area contributed by atoms with Crippen molar-refractivity contribution in [1.29, 1.82) is 0 Å². The number of methoxy groups -OCH3 is 2. The maximum Gasteiger partial charge on any atom is 0.167 e. The van der Waals surface area contributed by atoms with Crippen LogP contribution in [-0.4, -0.2) is 31.2 Å². The smallest absolute Gasteiger partial charge is 0.167 e. The van der Waals surface area contributed by atoms with E-state index in [0.29, 0.717) is 34.5 Å². The number of ether oxygens (including phenoxy) is 2. The minimum absolute atomic E-state index is 0.170. The van der Waals surface area contributed by atoms with Crippen molar-refractivity contribution in [2.45, 2.75) is 110 Å². The molecular weight excluding hydrogens is 396 g/mol. The van der Waals surface area contributed by atoms with E-state index in [0.717, 1.165) is 43.9 Å². The second kappa shape index (κ2) is 9.24. The molecule has 0 aromatic carbocycles. The first-order valence-corrected chi connectivity index (χ1v) is 13.5. The quantitative estimate of drug-likeness (QED) is 0.279. The molecule has 3 nitrogen and oxygen atoms in total. The summed E-state index contributed by atoms with van der Waals surface area (Å²) in [5, 5.41) is 11.6. The average molecular weight is 445 g/mol. The van der Waals surface area contributed by atoms with Gasteiger partial charge >= 0.3 is 0 Å². The first-order valence-electron chi connectivity index (χ1n) is 13.5. The molecular formula is C29H48O3. The Morgan fingerprint density at radius 2 is 1.72 bits per heavy atom. The number of terminal acetylenes is 1. The van der Waals surface area contributed by atoms with E-state index in [1.54, 1.807) is 14.2 Å². The van der Waals surface area contributed by atoms with Gasteiger partial charge in [-0.2, -0.15) is 0 Å². The second-order valence-corrected chi connectivity index (χ2v) is 12.5. The zero-order chi connectivity index (χ0) is 23.1. The molecule has 0 saturated heterocycles. The molecule has 0 aromatic heterocycles. The summed E-state index contributed by atoms with van der Waals surface area (Å²) in [5.41, 5.74) is 0.707. The Morgan fingerprint density at radius 1 is 1.00 bits per heavy atom. The lowest BCUT2D eigenvalue weighted by Gasteiger charge is -2.63. The van der Waals surface area contributed by atoms with E-state index >= 15 is 0 Å². The van der Waals surface area contributed by atoms with Gasteiger partial charge in [-0.15, -0.1) is 12.3 Å². The Kier molecular flexibility index (Phi) is 7.09. The molecule has 0 heterocycles. The molecule has 9 atom stereocenters. The highest BCUT2D eigenvalue weighted by atomic mass is 16.7. The third kappa shape index (κ3) is 3.87. The van der Waals surface area contributed by atoms with Crippen molar-refractivity contribution < 1.29 is 14.6 Å². The summed E-state index contributed by atoms with van der Waals surface area (Å²) in [6.45, 7) is 7.62. The number of aliphatic hydroxyl groups is 1. The molecule has 4 aliphatic rings. The molecule has 0 spiro atoms. The Morgan fingerprint density at radius 3 is 2.41 bits per heavy atom. The molecule has 32 heavy (non-hydrogen) atoms. The summed E-state index contributed by atoms with van der Waals surface area (Å²) in [5.74, 6) is 6.21. The van der Waals surface area contributed by atoms with Gasteiger partial charge in [-0.05, 0) is 91.3 Å². The van der Waals surface area contributed by atoms with Gasteiger partial charge in [-0.25, -0.2) is 0 Å². The third-order valence-electron chi connectivity index (χ3n) is 11.4. The van der Waals surface area contributed by atoms with Crippen molar-refractivity contribution >= 4 is 0 Å². The minimum Gasteiger partial charge on any atom is -0.393 e. The van der Waals surface area contributed by atoms with Gasteiger partial charge in [0, 0.05) is 33.5 Å². The molecule has 4 aliphatic carbocycles. The number of fused-ring (bicyclic) bond motifs is 5. The number of unbranched alkanes of at least 4 members (excludes halogenated alkanes) is 2. The van der Waals surface area contributed by atoms with E-state index in [1.807, 2.05) is 0 Å². The molecule has 0 unspecified atom stereocenters. The van der Waals surface area contributed by atoms with Gasteiger partial charge in [-0.1, -0.05) is 33.6 Å². The fraction of sp³-hybridized carbons (Fsp3) is 0.931. The lowest BCUT2D eigenvalue weighted by molar-refractivity contribution is -0.269. The molecule has 182 valence electrons. The van der Waals surface area contributed by atoms with Gasteiger partial charge in [0.25, 0.3) is 0 Å². The van der Waals surface area contributed by atoms with Gasteiger partial charge in [0.05, 0.1) is 6.10 Å². The van der Waals surface area contributed by atoms with Crippen LogP contribution in [0.25, 0.3) is 0 Å². The van der Waals surface area contributed by atoms with Crippen LogP contribution in [0.1, 0.15) is 97.8 Å². The van der Waals surface area contributed by atoms with E-state index in [-0.39, 0.29) is 6.10 Å². The lowest BCUT2D eigenvalue weighted by atomic mass is 9.43. The maximum atomic E-state index is 11.6. The SMILES string of the molecule is C#CCCCC[C@@H](C)[C@H]1CC[C@H]2[C@@H]3[C@@H](O)C[C@@H]4CC(OC)(OC)CC[C@]4(C)[C@H]3CC[C@]12C. The summed E-state index contributed by atoms with van der Waals surface area (Å²) < 4.78 is 11.7. The van der Waals surface area contributed by atoms with Crippen molar-refractivity contribution in [3.05, 3.63) is 0 Å². The van der Waals surface area contributed by atoms with Crippen LogP contribution in [0.2, 0.25) is 0 Å². The van der Waals surface area contributed by atoms with E-state index < -0.39 is 5.79 Å². The molecule has 4 saturated carbocycles. The monoisotopic (exact) mass is 444 g/mol. The minimum atomic E-state index is -0.451. The zero-order valence-electron chi connectivity index (χ0n) is 21.4. The largest absolute Gasteiger partial charge is 0.393 e. The van der Waals surface area contributed by atoms with Crippen molar-refractivity contribution in [2.24, 2.45) is 46.3 Å². The van der Waals surface area contributed by atoms with E-state index in [4.69, 9.17) is 15.9 Å². The Labute approximate surface area is 197 Å². The molecule has 0 aromatic rings. The summed E-state index contributed by atoms with van der Waals surface area (Å²) in [4.78, 5) is 0. The highest BCUT2D eigenvalue weighted by molar-refractivity contribution is 5.12. The molecule has 1 N–H and O–H groups in total. The fourth-order valence-corrected chi connectivity index (χ4v) is 9.49. The normalized spacial score (nSPS) is 45.9. The van der Waals surface area contributed by atoms with Crippen LogP contribution in [0.3, 0.4) is 0 Å². The number of rotatable bonds is 7. The van der Waals surface area contributed by atoms with E-state index in [1.165, 1.54) is 44.9 Å². The first-order chi connectivity index (χ1) is 15.2. The van der Waals surface area contributed by atoms with Crippen LogP contribution >= 0.6 is 0 Å². The highest BCUT2D eigenvalue weighted by Crippen LogP contribution is 2.69. The number of hydrogen-bond acceptors (Lipinski definition) is 3. The predicted molar refractivity (Wildman–Crippen MR) is 130 cm³/mol. The molecule has 4 rings (SSSR count). The Bertz CT molecular complexity index is 693. The third-order valence-corrected chi connectivity index (χ3v) is 11.4. The van der Waals surface area contributed by atoms with Crippen LogP contribution in [0, 0.1) is 58.7 Å². The summed E-state index contributed by atoms with van der Waals surface area (Å²) >= 11 is 0. The Hall–Kier alpha value is -0.560. The average Bonchev–Trinajstić information content (AvgIpc) is 3.14. The first kappa shape index (κ1) is 24.6. The summed E-state index contributed by atoms with van der Waals surface area (Å²) in [6.07, 6.45) is 19.2. The van der Waals surface area contributed by atoms with Crippen molar-refractivity contribution in [3.63, 3.8) is 0 Å². The van der Waals surface area contributed by atoms with Crippen LogP contribution in [-0.2, 0) is 9.47 Å².